The number of H-pyrrole nitrogens is 1. The number of aromatic amines is 1. The van der Waals surface area contributed by atoms with E-state index in [4.69, 9.17) is 9.47 Å². The van der Waals surface area contributed by atoms with E-state index >= 15 is 0 Å². The maximum atomic E-state index is 13.2. The standard InChI is InChI=1S/C35H35N3O4S/c1-38(23-24-13-18-31(41-2)32(21-24)42-3)19-8-20-43-27-16-14-26(15-17-27)37-35(40)29-12-7-11-28-33(29)36-22-30(34(28)39)25-9-5-4-6-10-25/h4-7,9-18,21-22H,8,19-20,23H2,1-3H3,(H,36,39)(H,37,40). The average molecular weight is 594 g/mol. The summed E-state index contributed by atoms with van der Waals surface area (Å²) in [5, 5.41) is 3.45. The molecule has 1 amide bonds. The SMILES string of the molecule is COc1ccc(CN(C)CCCSc2ccc(NC(=O)c3cccc4c(=O)c(-c5ccccc5)c[nH]c34)cc2)cc1OC. The fraction of sp³-hybridized carbons (Fsp3) is 0.200. The third kappa shape index (κ3) is 7.28. The van der Waals surface area contributed by atoms with E-state index in [1.807, 2.05) is 66.7 Å². The molecule has 0 unspecified atom stereocenters. The van der Waals surface area contributed by atoms with Gasteiger partial charge in [-0.1, -0.05) is 42.5 Å². The van der Waals surface area contributed by atoms with Crippen molar-refractivity contribution in [2.24, 2.45) is 0 Å². The molecule has 0 fully saturated rings. The number of nitrogens with one attached hydrogen (secondary N) is 2. The van der Waals surface area contributed by atoms with Gasteiger partial charge in [0.2, 0.25) is 0 Å². The van der Waals surface area contributed by atoms with Crippen LogP contribution in [-0.4, -0.2) is 49.4 Å². The highest BCUT2D eigenvalue weighted by Crippen LogP contribution is 2.28. The number of carbonyl (C=O) groups excluding carboxylic acids is 1. The molecule has 1 aromatic heterocycles. The Morgan fingerprint density at radius 3 is 2.42 bits per heavy atom. The van der Waals surface area contributed by atoms with Crippen molar-refractivity contribution in [3.8, 4) is 22.6 Å². The molecule has 7 nitrogen and oxygen atoms in total. The summed E-state index contributed by atoms with van der Waals surface area (Å²) in [5.74, 6) is 2.19. The smallest absolute Gasteiger partial charge is 0.257 e. The van der Waals surface area contributed by atoms with E-state index in [-0.39, 0.29) is 11.3 Å². The van der Waals surface area contributed by atoms with Gasteiger partial charge in [0.05, 0.1) is 25.3 Å². The molecule has 1 heterocycles. The van der Waals surface area contributed by atoms with Crippen LogP contribution in [0.15, 0.2) is 107 Å². The van der Waals surface area contributed by atoms with E-state index in [0.717, 1.165) is 47.2 Å². The minimum atomic E-state index is -0.272. The molecule has 0 aliphatic rings. The Bertz CT molecular complexity index is 1750. The van der Waals surface area contributed by atoms with Gasteiger partial charge in [-0.25, -0.2) is 0 Å². The summed E-state index contributed by atoms with van der Waals surface area (Å²) < 4.78 is 10.7. The van der Waals surface area contributed by atoms with Crippen LogP contribution in [0, 0.1) is 0 Å². The van der Waals surface area contributed by atoms with Crippen molar-refractivity contribution < 1.29 is 14.3 Å². The minimum absolute atomic E-state index is 0.108. The lowest BCUT2D eigenvalue weighted by atomic mass is 10.0. The van der Waals surface area contributed by atoms with Crippen LogP contribution in [0.5, 0.6) is 11.5 Å². The van der Waals surface area contributed by atoms with Gasteiger partial charge in [-0.15, -0.1) is 11.8 Å². The average Bonchev–Trinajstić information content (AvgIpc) is 3.04. The van der Waals surface area contributed by atoms with E-state index in [1.54, 1.807) is 50.4 Å². The van der Waals surface area contributed by atoms with E-state index in [9.17, 15) is 9.59 Å². The molecule has 0 atom stereocenters. The first-order chi connectivity index (χ1) is 21.0. The molecule has 0 radical (unpaired) electrons. The number of pyridine rings is 1. The van der Waals surface area contributed by atoms with E-state index in [1.165, 1.54) is 5.56 Å². The van der Waals surface area contributed by atoms with Crippen molar-refractivity contribution in [3.63, 3.8) is 0 Å². The molecule has 220 valence electrons. The normalized spacial score (nSPS) is 11.1. The second kappa shape index (κ2) is 14.1. The van der Waals surface area contributed by atoms with Crippen LogP contribution in [0.3, 0.4) is 0 Å². The van der Waals surface area contributed by atoms with Crippen molar-refractivity contribution >= 4 is 34.3 Å². The van der Waals surface area contributed by atoms with Crippen molar-refractivity contribution in [2.75, 3.05) is 38.9 Å². The number of nitrogens with zero attached hydrogens (tertiary/aromatic N) is 1. The topological polar surface area (TPSA) is 83.7 Å². The van der Waals surface area contributed by atoms with Gasteiger partial charge in [0.15, 0.2) is 16.9 Å². The van der Waals surface area contributed by atoms with Crippen LogP contribution in [-0.2, 0) is 6.54 Å². The molecule has 2 N–H and O–H groups in total. The van der Waals surface area contributed by atoms with Gasteiger partial charge in [-0.05, 0) is 85.4 Å². The fourth-order valence-electron chi connectivity index (χ4n) is 5.00. The van der Waals surface area contributed by atoms with Gasteiger partial charge in [-0.2, -0.15) is 0 Å². The third-order valence-electron chi connectivity index (χ3n) is 7.21. The maximum Gasteiger partial charge on any atom is 0.257 e. The Morgan fingerprint density at radius 1 is 0.907 bits per heavy atom. The first-order valence-corrected chi connectivity index (χ1v) is 15.1. The predicted octanol–water partition coefficient (Wildman–Crippen LogP) is 7.08. The molecule has 0 bridgehead atoms. The van der Waals surface area contributed by atoms with Gasteiger partial charge in [0, 0.05) is 34.3 Å². The Kier molecular flexibility index (Phi) is 9.81. The van der Waals surface area contributed by atoms with Crippen molar-refractivity contribution in [2.45, 2.75) is 17.9 Å². The number of hydrogen-bond acceptors (Lipinski definition) is 6. The molecule has 5 aromatic rings. The molecule has 5 rings (SSSR count). The summed E-state index contributed by atoms with van der Waals surface area (Å²) in [7, 11) is 5.41. The zero-order valence-corrected chi connectivity index (χ0v) is 25.4. The highest BCUT2D eigenvalue weighted by atomic mass is 32.2. The molecule has 4 aromatic carbocycles. The van der Waals surface area contributed by atoms with E-state index in [2.05, 4.69) is 28.3 Å². The van der Waals surface area contributed by atoms with Crippen LogP contribution in [0.25, 0.3) is 22.0 Å². The number of rotatable bonds is 12. The molecule has 0 saturated heterocycles. The van der Waals surface area contributed by atoms with Gasteiger partial charge in [-0.3, -0.25) is 9.59 Å². The summed E-state index contributed by atoms with van der Waals surface area (Å²) in [6.45, 7) is 1.80. The first-order valence-electron chi connectivity index (χ1n) is 14.1. The fourth-order valence-corrected chi connectivity index (χ4v) is 5.84. The van der Waals surface area contributed by atoms with Crippen molar-refractivity contribution in [3.05, 3.63) is 119 Å². The predicted molar refractivity (Wildman–Crippen MR) is 176 cm³/mol. The van der Waals surface area contributed by atoms with Crippen LogP contribution in [0.2, 0.25) is 0 Å². The highest BCUT2D eigenvalue weighted by Gasteiger charge is 2.15. The van der Waals surface area contributed by atoms with Crippen LogP contribution < -0.4 is 20.2 Å². The number of methoxy groups -OCH3 is 2. The summed E-state index contributed by atoms with van der Waals surface area (Å²) in [6.07, 6.45) is 2.72. The zero-order valence-electron chi connectivity index (χ0n) is 24.6. The van der Waals surface area contributed by atoms with Gasteiger partial charge in [0.25, 0.3) is 5.91 Å². The second-order valence-corrected chi connectivity index (χ2v) is 11.4. The quantitative estimate of drug-likeness (QED) is 0.119. The number of carbonyl (C=O) groups is 1. The lowest BCUT2D eigenvalue weighted by molar-refractivity contribution is 0.102. The molecular formula is C35H35N3O4S. The Hall–Kier alpha value is -4.53. The molecule has 0 saturated carbocycles. The van der Waals surface area contributed by atoms with Crippen LogP contribution >= 0.6 is 11.8 Å². The summed E-state index contributed by atoms with van der Waals surface area (Å²) in [4.78, 5) is 33.0. The molecule has 8 heteroatoms. The van der Waals surface area contributed by atoms with Crippen LogP contribution in [0.4, 0.5) is 5.69 Å². The van der Waals surface area contributed by atoms with Crippen molar-refractivity contribution in [1.29, 1.82) is 0 Å². The number of amides is 1. The summed E-state index contributed by atoms with van der Waals surface area (Å²) in [5.41, 5.74) is 4.12. The monoisotopic (exact) mass is 593 g/mol. The lowest BCUT2D eigenvalue weighted by Crippen LogP contribution is -2.19. The second-order valence-electron chi connectivity index (χ2n) is 10.2. The van der Waals surface area contributed by atoms with E-state index in [0.29, 0.717) is 27.7 Å². The van der Waals surface area contributed by atoms with Gasteiger partial charge >= 0.3 is 0 Å². The zero-order chi connectivity index (χ0) is 30.2. The Morgan fingerprint density at radius 2 is 1.67 bits per heavy atom. The Labute approximate surface area is 255 Å². The lowest BCUT2D eigenvalue weighted by Gasteiger charge is -2.17. The highest BCUT2D eigenvalue weighted by molar-refractivity contribution is 7.99. The molecule has 0 aliphatic carbocycles. The number of benzene rings is 4. The van der Waals surface area contributed by atoms with Gasteiger partial charge < -0.3 is 24.7 Å². The largest absolute Gasteiger partial charge is 0.493 e. The summed E-state index contributed by atoms with van der Waals surface area (Å²) >= 11 is 1.79. The summed E-state index contributed by atoms with van der Waals surface area (Å²) in [6, 6.07) is 28.6. The maximum absolute atomic E-state index is 13.2. The van der Waals surface area contributed by atoms with Crippen LogP contribution in [0.1, 0.15) is 22.3 Å². The molecule has 43 heavy (non-hydrogen) atoms. The number of fused-ring (bicyclic) bond motifs is 1. The number of para-hydroxylation sites is 1. The number of thioether (sulfide) groups is 1. The molecular weight excluding hydrogens is 558 g/mol. The molecule has 0 aliphatic heterocycles. The van der Waals surface area contributed by atoms with Gasteiger partial charge in [0.1, 0.15) is 0 Å². The van der Waals surface area contributed by atoms with Crippen molar-refractivity contribution in [1.82, 2.24) is 9.88 Å². The number of aromatic nitrogens is 1. The third-order valence-corrected chi connectivity index (χ3v) is 8.31. The number of ether oxygens (including phenoxy) is 2. The number of hydrogen-bond donors (Lipinski definition) is 2. The first kappa shape index (κ1) is 29.9. The Balaban J connectivity index is 1.14. The molecule has 0 spiro atoms. The number of anilines is 1. The minimum Gasteiger partial charge on any atom is -0.493 e. The van der Waals surface area contributed by atoms with E-state index < -0.39 is 0 Å².